The van der Waals surface area contributed by atoms with Crippen molar-refractivity contribution in [2.75, 3.05) is 19.6 Å². The van der Waals surface area contributed by atoms with Gasteiger partial charge >= 0.3 is 0 Å². The van der Waals surface area contributed by atoms with E-state index in [4.69, 9.17) is 0 Å². The molecule has 0 aromatic heterocycles. The van der Waals surface area contributed by atoms with Crippen molar-refractivity contribution in [3.8, 4) is 0 Å². The molecule has 4 heteroatoms. The van der Waals surface area contributed by atoms with Crippen molar-refractivity contribution in [3.63, 3.8) is 0 Å². The maximum absolute atomic E-state index is 12.6. The van der Waals surface area contributed by atoms with Crippen molar-refractivity contribution in [1.29, 1.82) is 0 Å². The number of rotatable bonds is 3. The lowest BCUT2D eigenvalue weighted by Gasteiger charge is -2.36. The molecule has 3 aliphatic rings. The Bertz CT molecular complexity index is 647. The van der Waals surface area contributed by atoms with Crippen LogP contribution >= 0.6 is 0 Å². The quantitative estimate of drug-likeness (QED) is 0.855. The summed E-state index contributed by atoms with van der Waals surface area (Å²) in [7, 11) is 0. The Kier molecular flexibility index (Phi) is 4.30. The topological polar surface area (TPSA) is 40.6 Å². The number of carbonyl (C=O) groups is 2. The number of benzene rings is 1. The summed E-state index contributed by atoms with van der Waals surface area (Å²) < 4.78 is 0. The minimum Gasteiger partial charge on any atom is -0.342 e. The molecule has 1 aromatic carbocycles. The number of hydrogen-bond acceptors (Lipinski definition) is 2. The van der Waals surface area contributed by atoms with Crippen LogP contribution in [0.4, 0.5) is 0 Å². The first-order valence-electron chi connectivity index (χ1n) is 9.38. The predicted octanol–water partition coefficient (Wildman–Crippen LogP) is 2.33. The first-order chi connectivity index (χ1) is 11.7. The Morgan fingerprint density at radius 1 is 1.00 bits per heavy atom. The summed E-state index contributed by atoms with van der Waals surface area (Å²) in [6, 6.07) is 6.91. The highest BCUT2D eigenvalue weighted by atomic mass is 16.2. The molecule has 0 atom stereocenters. The van der Waals surface area contributed by atoms with Gasteiger partial charge in [-0.3, -0.25) is 9.59 Å². The van der Waals surface area contributed by atoms with Gasteiger partial charge in [0.15, 0.2) is 0 Å². The Hall–Kier alpha value is -1.84. The van der Waals surface area contributed by atoms with E-state index >= 15 is 0 Å². The van der Waals surface area contributed by atoms with Crippen LogP contribution in [0.25, 0.3) is 0 Å². The van der Waals surface area contributed by atoms with E-state index in [1.54, 1.807) is 0 Å². The van der Waals surface area contributed by atoms with Crippen LogP contribution in [0.1, 0.15) is 48.8 Å². The minimum absolute atomic E-state index is 0.235. The molecule has 0 unspecified atom stereocenters. The number of aryl methyl sites for hydroxylation is 2. The van der Waals surface area contributed by atoms with Crippen molar-refractivity contribution in [2.45, 2.75) is 57.4 Å². The average molecular weight is 326 g/mol. The van der Waals surface area contributed by atoms with Crippen LogP contribution < -0.4 is 0 Å². The molecule has 4 nitrogen and oxygen atoms in total. The molecule has 24 heavy (non-hydrogen) atoms. The van der Waals surface area contributed by atoms with E-state index in [2.05, 4.69) is 18.2 Å². The molecule has 0 saturated carbocycles. The van der Waals surface area contributed by atoms with Gasteiger partial charge in [0.25, 0.3) is 0 Å². The SMILES string of the molecule is O=C(Cc1ccc2c(c1)CCC2)N1CCC(N2CCCC2=O)CC1. The summed E-state index contributed by atoms with van der Waals surface area (Å²) in [6.07, 6.45) is 7.67. The van der Waals surface area contributed by atoms with Gasteiger partial charge in [-0.25, -0.2) is 0 Å². The van der Waals surface area contributed by atoms with Gasteiger partial charge < -0.3 is 9.80 Å². The van der Waals surface area contributed by atoms with Gasteiger partial charge in [-0.1, -0.05) is 18.2 Å². The standard InChI is InChI=1S/C20H26N2O2/c23-19-5-2-10-22(19)18-8-11-21(12-9-18)20(24)14-15-6-7-16-3-1-4-17(16)13-15/h6-7,13,18H,1-5,8-12,14H2. The molecule has 2 aliphatic heterocycles. The zero-order chi connectivity index (χ0) is 16.5. The molecule has 0 N–H and O–H groups in total. The molecule has 4 rings (SSSR count). The van der Waals surface area contributed by atoms with E-state index < -0.39 is 0 Å². The third-order valence-electron chi connectivity index (χ3n) is 5.89. The summed E-state index contributed by atoms with van der Waals surface area (Å²) in [5.41, 5.74) is 4.05. The number of likely N-dealkylation sites (tertiary alicyclic amines) is 2. The second-order valence-electron chi connectivity index (χ2n) is 7.44. The van der Waals surface area contributed by atoms with Crippen LogP contribution in [-0.2, 0) is 28.9 Å². The van der Waals surface area contributed by atoms with Gasteiger partial charge in [0.1, 0.15) is 0 Å². The van der Waals surface area contributed by atoms with Gasteiger partial charge in [0, 0.05) is 32.1 Å². The van der Waals surface area contributed by atoms with E-state index in [-0.39, 0.29) is 5.91 Å². The Morgan fingerprint density at radius 3 is 2.54 bits per heavy atom. The number of piperidine rings is 1. The van der Waals surface area contributed by atoms with E-state index in [1.165, 1.54) is 24.0 Å². The van der Waals surface area contributed by atoms with Crippen molar-refractivity contribution < 1.29 is 9.59 Å². The summed E-state index contributed by atoms with van der Waals surface area (Å²) in [6.45, 7) is 2.49. The number of nitrogens with zero attached hydrogens (tertiary/aromatic N) is 2. The molecular formula is C20H26N2O2. The maximum Gasteiger partial charge on any atom is 0.226 e. The van der Waals surface area contributed by atoms with Crippen LogP contribution in [0.3, 0.4) is 0 Å². The lowest BCUT2D eigenvalue weighted by molar-refractivity contribution is -0.134. The van der Waals surface area contributed by atoms with Crippen LogP contribution in [-0.4, -0.2) is 47.3 Å². The molecule has 0 spiro atoms. The average Bonchev–Trinajstić information content (AvgIpc) is 3.23. The van der Waals surface area contributed by atoms with Crippen molar-refractivity contribution in [1.82, 2.24) is 9.80 Å². The monoisotopic (exact) mass is 326 g/mol. The molecule has 2 heterocycles. The highest BCUT2D eigenvalue weighted by Gasteiger charge is 2.31. The van der Waals surface area contributed by atoms with E-state index in [1.807, 2.05) is 9.80 Å². The van der Waals surface area contributed by atoms with Gasteiger partial charge in [-0.2, -0.15) is 0 Å². The lowest BCUT2D eigenvalue weighted by atomic mass is 10.0. The smallest absolute Gasteiger partial charge is 0.226 e. The third-order valence-corrected chi connectivity index (χ3v) is 5.89. The van der Waals surface area contributed by atoms with Crippen molar-refractivity contribution in [3.05, 3.63) is 34.9 Å². The largest absolute Gasteiger partial charge is 0.342 e. The molecule has 128 valence electrons. The van der Waals surface area contributed by atoms with Gasteiger partial charge in [0.05, 0.1) is 6.42 Å². The molecule has 2 fully saturated rings. The Morgan fingerprint density at radius 2 is 1.79 bits per heavy atom. The van der Waals surface area contributed by atoms with Gasteiger partial charge in [0.2, 0.25) is 11.8 Å². The van der Waals surface area contributed by atoms with Crippen LogP contribution in [0.2, 0.25) is 0 Å². The van der Waals surface area contributed by atoms with Crippen molar-refractivity contribution in [2.24, 2.45) is 0 Å². The highest BCUT2D eigenvalue weighted by Crippen LogP contribution is 2.25. The van der Waals surface area contributed by atoms with Crippen molar-refractivity contribution >= 4 is 11.8 Å². The zero-order valence-electron chi connectivity index (χ0n) is 14.3. The predicted molar refractivity (Wildman–Crippen MR) is 92.7 cm³/mol. The van der Waals surface area contributed by atoms with Crippen LogP contribution in [0.5, 0.6) is 0 Å². The molecule has 2 amide bonds. The van der Waals surface area contributed by atoms with Crippen LogP contribution in [0.15, 0.2) is 18.2 Å². The van der Waals surface area contributed by atoms with E-state index in [0.29, 0.717) is 24.8 Å². The van der Waals surface area contributed by atoms with Gasteiger partial charge in [-0.15, -0.1) is 0 Å². The summed E-state index contributed by atoms with van der Waals surface area (Å²) in [5.74, 6) is 0.539. The number of hydrogen-bond donors (Lipinski definition) is 0. The fraction of sp³-hybridized carbons (Fsp3) is 0.600. The van der Waals surface area contributed by atoms with Gasteiger partial charge in [-0.05, 0) is 55.2 Å². The molecule has 1 aliphatic carbocycles. The normalized spacial score (nSPS) is 21.4. The van der Waals surface area contributed by atoms with E-state index in [9.17, 15) is 9.59 Å². The molecular weight excluding hydrogens is 300 g/mol. The highest BCUT2D eigenvalue weighted by molar-refractivity contribution is 5.80. The second-order valence-corrected chi connectivity index (χ2v) is 7.44. The molecule has 1 aromatic rings. The summed E-state index contributed by atoms with van der Waals surface area (Å²) in [4.78, 5) is 28.5. The Labute approximate surface area is 143 Å². The zero-order valence-corrected chi connectivity index (χ0v) is 14.3. The van der Waals surface area contributed by atoms with Crippen LogP contribution in [0, 0.1) is 0 Å². The third kappa shape index (κ3) is 3.06. The fourth-order valence-corrected chi connectivity index (χ4v) is 4.50. The minimum atomic E-state index is 0.235. The molecule has 0 bridgehead atoms. The lowest BCUT2D eigenvalue weighted by Crippen LogP contribution is -2.47. The Balaban J connectivity index is 1.32. The first-order valence-corrected chi connectivity index (χ1v) is 9.38. The molecule has 2 saturated heterocycles. The maximum atomic E-state index is 12.6. The number of carbonyl (C=O) groups excluding carboxylic acids is 2. The fourth-order valence-electron chi connectivity index (χ4n) is 4.50. The van der Waals surface area contributed by atoms with E-state index in [0.717, 1.165) is 50.9 Å². The summed E-state index contributed by atoms with van der Waals surface area (Å²) >= 11 is 0. The second kappa shape index (κ2) is 6.58. The number of fused-ring (bicyclic) bond motifs is 1. The molecule has 0 radical (unpaired) electrons. The number of amides is 2. The summed E-state index contributed by atoms with van der Waals surface area (Å²) in [5, 5.41) is 0. The first kappa shape index (κ1) is 15.7.